The van der Waals surface area contributed by atoms with Crippen LogP contribution in [0.5, 0.6) is 5.75 Å². The Hall–Kier alpha value is -3.35. The van der Waals surface area contributed by atoms with E-state index in [1.807, 2.05) is 41.9 Å². The lowest BCUT2D eigenvalue weighted by Gasteiger charge is -2.18. The maximum atomic E-state index is 12.9. The van der Waals surface area contributed by atoms with Gasteiger partial charge in [0.25, 0.3) is 5.91 Å². The van der Waals surface area contributed by atoms with Gasteiger partial charge in [0, 0.05) is 25.5 Å². The molecule has 1 aliphatic rings. The second kappa shape index (κ2) is 7.34. The SMILES string of the molecule is Cc1cccn2cc(COc3ccccc3C(=O)N3CC[C@@H](C(=O)O)C3)nc12. The number of imidazole rings is 1. The highest BCUT2D eigenvalue weighted by Gasteiger charge is 2.32. The highest BCUT2D eigenvalue weighted by Crippen LogP contribution is 2.25. The molecule has 0 unspecified atom stereocenters. The Morgan fingerprint density at radius 1 is 1.25 bits per heavy atom. The van der Waals surface area contributed by atoms with Gasteiger partial charge < -0.3 is 19.1 Å². The minimum absolute atomic E-state index is 0.204. The molecule has 4 rings (SSSR count). The molecule has 0 aliphatic carbocycles. The third-order valence-corrected chi connectivity index (χ3v) is 5.05. The molecule has 0 spiro atoms. The summed E-state index contributed by atoms with van der Waals surface area (Å²) in [6, 6.07) is 11.0. The fourth-order valence-corrected chi connectivity index (χ4v) is 3.51. The van der Waals surface area contributed by atoms with E-state index in [0.29, 0.717) is 24.3 Å². The molecule has 1 fully saturated rings. The fourth-order valence-electron chi connectivity index (χ4n) is 3.51. The predicted octanol–water partition coefficient (Wildman–Crippen LogP) is 2.77. The monoisotopic (exact) mass is 379 g/mol. The van der Waals surface area contributed by atoms with Crippen molar-refractivity contribution in [1.82, 2.24) is 14.3 Å². The van der Waals surface area contributed by atoms with Crippen LogP contribution < -0.4 is 4.74 Å². The van der Waals surface area contributed by atoms with Gasteiger partial charge in [-0.1, -0.05) is 18.2 Å². The largest absolute Gasteiger partial charge is 0.486 e. The minimum atomic E-state index is -0.859. The van der Waals surface area contributed by atoms with Gasteiger partial charge in [-0.2, -0.15) is 0 Å². The number of nitrogens with zero attached hydrogens (tertiary/aromatic N) is 3. The Morgan fingerprint density at radius 2 is 2.07 bits per heavy atom. The summed E-state index contributed by atoms with van der Waals surface area (Å²) in [4.78, 5) is 30.2. The van der Waals surface area contributed by atoms with Crippen molar-refractivity contribution in [2.75, 3.05) is 13.1 Å². The zero-order chi connectivity index (χ0) is 19.7. The van der Waals surface area contributed by atoms with Crippen molar-refractivity contribution in [2.45, 2.75) is 20.0 Å². The molecule has 7 heteroatoms. The first-order valence-electron chi connectivity index (χ1n) is 9.20. The first-order valence-corrected chi connectivity index (χ1v) is 9.20. The lowest BCUT2D eigenvalue weighted by atomic mass is 10.1. The molecule has 2 aromatic heterocycles. The van der Waals surface area contributed by atoms with Crippen molar-refractivity contribution in [3.8, 4) is 5.75 Å². The molecule has 3 heterocycles. The number of benzene rings is 1. The highest BCUT2D eigenvalue weighted by molar-refractivity contribution is 5.97. The Morgan fingerprint density at radius 3 is 2.82 bits per heavy atom. The number of hydrogen-bond donors (Lipinski definition) is 1. The number of aromatic nitrogens is 2. The zero-order valence-electron chi connectivity index (χ0n) is 15.5. The van der Waals surface area contributed by atoms with E-state index in [1.165, 1.54) is 0 Å². The van der Waals surface area contributed by atoms with Crippen molar-refractivity contribution >= 4 is 17.5 Å². The van der Waals surface area contributed by atoms with E-state index in [0.717, 1.165) is 16.9 Å². The van der Waals surface area contributed by atoms with Crippen LogP contribution in [0.1, 0.15) is 28.0 Å². The first kappa shape index (κ1) is 18.0. The number of amides is 1. The van der Waals surface area contributed by atoms with E-state index >= 15 is 0 Å². The molecule has 1 N–H and O–H groups in total. The van der Waals surface area contributed by atoms with Crippen molar-refractivity contribution in [3.63, 3.8) is 0 Å². The molecular formula is C21H21N3O4. The summed E-state index contributed by atoms with van der Waals surface area (Å²) in [7, 11) is 0. The van der Waals surface area contributed by atoms with Crippen LogP contribution in [0.4, 0.5) is 0 Å². The van der Waals surface area contributed by atoms with Crippen LogP contribution in [0.2, 0.25) is 0 Å². The molecular weight excluding hydrogens is 358 g/mol. The van der Waals surface area contributed by atoms with Crippen LogP contribution >= 0.6 is 0 Å². The van der Waals surface area contributed by atoms with E-state index in [9.17, 15) is 9.59 Å². The summed E-state index contributed by atoms with van der Waals surface area (Å²) in [6.45, 7) is 2.91. The normalized spacial score (nSPS) is 16.5. The van der Waals surface area contributed by atoms with Gasteiger partial charge in [0.1, 0.15) is 18.0 Å². The average Bonchev–Trinajstić information content (AvgIpc) is 3.34. The van der Waals surface area contributed by atoms with E-state index in [4.69, 9.17) is 9.84 Å². The van der Waals surface area contributed by atoms with Crippen LogP contribution in [0.3, 0.4) is 0 Å². The van der Waals surface area contributed by atoms with Crippen LogP contribution in [-0.4, -0.2) is 44.4 Å². The average molecular weight is 379 g/mol. The Labute approximate surface area is 162 Å². The second-order valence-electron chi connectivity index (χ2n) is 7.01. The Balaban J connectivity index is 1.50. The van der Waals surface area contributed by atoms with E-state index in [2.05, 4.69) is 4.98 Å². The smallest absolute Gasteiger partial charge is 0.308 e. The minimum Gasteiger partial charge on any atom is -0.486 e. The summed E-state index contributed by atoms with van der Waals surface area (Å²) in [6.07, 6.45) is 4.32. The fraction of sp³-hybridized carbons (Fsp3) is 0.286. The molecule has 0 saturated carbocycles. The summed E-state index contributed by atoms with van der Waals surface area (Å²) in [5, 5.41) is 9.16. The van der Waals surface area contributed by atoms with Gasteiger partial charge in [-0.15, -0.1) is 0 Å². The van der Waals surface area contributed by atoms with Crippen molar-refractivity contribution < 1.29 is 19.4 Å². The number of ether oxygens (including phenoxy) is 1. The standard InChI is InChI=1S/C21H21N3O4/c1-14-5-4-9-23-12-16(22-19(14)23)13-28-18-7-3-2-6-17(18)20(25)24-10-8-15(11-24)21(26)27/h2-7,9,12,15H,8,10-11,13H2,1H3,(H,26,27)/t15-/m1/s1. The lowest BCUT2D eigenvalue weighted by Crippen LogP contribution is -2.30. The van der Waals surface area contributed by atoms with Crippen LogP contribution in [0, 0.1) is 12.8 Å². The topological polar surface area (TPSA) is 84.1 Å². The quantitative estimate of drug-likeness (QED) is 0.737. The molecule has 1 amide bonds. The number of carbonyl (C=O) groups excluding carboxylic acids is 1. The van der Waals surface area contributed by atoms with Gasteiger partial charge in [-0.25, -0.2) is 4.98 Å². The maximum Gasteiger partial charge on any atom is 0.308 e. The van der Waals surface area contributed by atoms with E-state index < -0.39 is 11.9 Å². The Bertz CT molecular complexity index is 1040. The number of aliphatic carboxylic acids is 1. The molecule has 144 valence electrons. The third kappa shape index (κ3) is 3.43. The second-order valence-corrected chi connectivity index (χ2v) is 7.01. The van der Waals surface area contributed by atoms with Gasteiger partial charge in [0.15, 0.2) is 0 Å². The van der Waals surface area contributed by atoms with Crippen molar-refractivity contribution in [1.29, 1.82) is 0 Å². The molecule has 28 heavy (non-hydrogen) atoms. The molecule has 7 nitrogen and oxygen atoms in total. The van der Waals surface area contributed by atoms with Gasteiger partial charge >= 0.3 is 5.97 Å². The number of likely N-dealkylation sites (tertiary alicyclic amines) is 1. The number of para-hydroxylation sites is 1. The zero-order valence-corrected chi connectivity index (χ0v) is 15.5. The molecule has 1 atom stereocenters. The lowest BCUT2D eigenvalue weighted by molar-refractivity contribution is -0.141. The Kier molecular flexibility index (Phi) is 4.73. The number of pyridine rings is 1. The van der Waals surface area contributed by atoms with Crippen molar-refractivity contribution in [2.24, 2.45) is 5.92 Å². The summed E-state index contributed by atoms with van der Waals surface area (Å²) < 4.78 is 7.85. The van der Waals surface area contributed by atoms with Gasteiger partial charge in [-0.3, -0.25) is 9.59 Å². The number of carbonyl (C=O) groups is 2. The number of rotatable bonds is 5. The highest BCUT2D eigenvalue weighted by atomic mass is 16.5. The van der Waals surface area contributed by atoms with Crippen LogP contribution in [-0.2, 0) is 11.4 Å². The molecule has 1 saturated heterocycles. The van der Waals surface area contributed by atoms with Crippen molar-refractivity contribution in [3.05, 3.63) is 65.6 Å². The number of fused-ring (bicyclic) bond motifs is 1. The first-order chi connectivity index (χ1) is 13.5. The molecule has 0 bridgehead atoms. The third-order valence-electron chi connectivity index (χ3n) is 5.05. The van der Waals surface area contributed by atoms with Crippen LogP contribution in [0.25, 0.3) is 5.65 Å². The molecule has 1 aliphatic heterocycles. The van der Waals surface area contributed by atoms with Crippen LogP contribution in [0.15, 0.2) is 48.8 Å². The number of carboxylic acid groups (broad SMARTS) is 1. The summed E-state index contributed by atoms with van der Waals surface area (Å²) >= 11 is 0. The molecule has 1 aromatic carbocycles. The van der Waals surface area contributed by atoms with Gasteiger partial charge in [-0.05, 0) is 37.1 Å². The van der Waals surface area contributed by atoms with E-state index in [1.54, 1.807) is 23.1 Å². The van der Waals surface area contributed by atoms with Gasteiger partial charge in [0.2, 0.25) is 0 Å². The summed E-state index contributed by atoms with van der Waals surface area (Å²) in [5.74, 6) is -1.09. The molecule has 0 radical (unpaired) electrons. The maximum absolute atomic E-state index is 12.9. The predicted molar refractivity (Wildman–Crippen MR) is 102 cm³/mol. The number of aryl methyl sites for hydroxylation is 1. The molecule has 3 aromatic rings. The number of hydrogen-bond acceptors (Lipinski definition) is 4. The van der Waals surface area contributed by atoms with E-state index in [-0.39, 0.29) is 19.1 Å². The number of carboxylic acids is 1. The van der Waals surface area contributed by atoms with Gasteiger partial charge in [0.05, 0.1) is 17.2 Å². The summed E-state index contributed by atoms with van der Waals surface area (Å²) in [5.41, 5.74) is 3.16.